The van der Waals surface area contributed by atoms with Crippen LogP contribution in [-0.2, 0) is 0 Å². The van der Waals surface area contributed by atoms with E-state index in [-0.39, 0.29) is 16.9 Å². The lowest BCUT2D eigenvalue weighted by Gasteiger charge is -2.19. The van der Waals surface area contributed by atoms with E-state index in [0.717, 1.165) is 0 Å². The van der Waals surface area contributed by atoms with Crippen LogP contribution in [0.25, 0.3) is 22.3 Å². The largest absolute Gasteiger partial charge is 0.455 e. The van der Waals surface area contributed by atoms with Gasteiger partial charge >= 0.3 is 0 Å². The van der Waals surface area contributed by atoms with E-state index in [2.05, 4.69) is 0 Å². The van der Waals surface area contributed by atoms with E-state index in [0.29, 0.717) is 51.0 Å². The highest BCUT2D eigenvalue weighted by Crippen LogP contribution is 2.34. The van der Waals surface area contributed by atoms with Crippen molar-refractivity contribution in [2.75, 3.05) is 13.1 Å². The number of fused-ring (bicyclic) bond motifs is 1. The molecule has 140 valence electrons. The first-order valence-corrected chi connectivity index (χ1v) is 9.45. The number of benzene rings is 2. The number of halogens is 2. The highest BCUT2D eigenvalue weighted by atomic mass is 35.5. The maximum absolute atomic E-state index is 12.9. The van der Waals surface area contributed by atoms with Crippen molar-refractivity contribution in [1.29, 1.82) is 0 Å². The smallest absolute Gasteiger partial charge is 0.257 e. The van der Waals surface area contributed by atoms with Gasteiger partial charge in [-0.3, -0.25) is 9.59 Å². The summed E-state index contributed by atoms with van der Waals surface area (Å²) in [5.41, 5.74) is 1.43. The lowest BCUT2D eigenvalue weighted by Crippen LogP contribution is -2.30. The number of rotatable bonds is 4. The number of hydrogen-bond donors (Lipinski definition) is 0. The number of hydrogen-bond acceptors (Lipinski definition) is 3. The fourth-order valence-electron chi connectivity index (χ4n) is 3.09. The Kier molecular flexibility index (Phi) is 5.59. The molecule has 1 aromatic heterocycles. The Morgan fingerprint density at radius 1 is 1.11 bits per heavy atom. The van der Waals surface area contributed by atoms with E-state index in [9.17, 15) is 9.59 Å². The van der Waals surface area contributed by atoms with Gasteiger partial charge in [0.05, 0.1) is 16.0 Å². The zero-order chi connectivity index (χ0) is 19.7. The Labute approximate surface area is 167 Å². The maximum Gasteiger partial charge on any atom is 0.257 e. The lowest BCUT2D eigenvalue weighted by molar-refractivity contribution is 0.0774. The van der Waals surface area contributed by atoms with Gasteiger partial charge in [-0.25, -0.2) is 0 Å². The van der Waals surface area contributed by atoms with Gasteiger partial charge in [0.2, 0.25) is 0 Å². The van der Waals surface area contributed by atoms with E-state index in [4.69, 9.17) is 27.6 Å². The zero-order valence-electron chi connectivity index (χ0n) is 15.3. The molecule has 27 heavy (non-hydrogen) atoms. The first kappa shape index (κ1) is 19.5. The van der Waals surface area contributed by atoms with Crippen molar-refractivity contribution in [3.05, 3.63) is 67.8 Å². The van der Waals surface area contributed by atoms with Gasteiger partial charge in [-0.05, 0) is 51.1 Å². The molecule has 0 bridgehead atoms. The first-order valence-electron chi connectivity index (χ1n) is 8.70. The molecule has 0 fully saturated rings. The molecule has 0 aliphatic carbocycles. The van der Waals surface area contributed by atoms with Gasteiger partial charge < -0.3 is 9.32 Å². The molecular formula is C21H19Cl2NO3. The SMILES string of the molecule is CCN(CC)C(=O)c1cccc2c(=O)c(C)c(-c3ccc(Cl)cc3Cl)oc12. The fourth-order valence-corrected chi connectivity index (χ4v) is 3.58. The maximum atomic E-state index is 12.9. The van der Waals surface area contributed by atoms with Gasteiger partial charge in [0.15, 0.2) is 11.0 Å². The summed E-state index contributed by atoms with van der Waals surface area (Å²) in [5.74, 6) is 0.166. The molecule has 0 radical (unpaired) electrons. The standard InChI is InChI=1S/C21H19Cl2NO3/c1-4-24(5-2)21(26)16-8-6-7-15-18(25)12(3)19(27-20(15)16)14-10-9-13(22)11-17(14)23/h6-11H,4-5H2,1-3H3. The Balaban J connectivity index is 2.32. The van der Waals surface area contributed by atoms with Crippen molar-refractivity contribution in [2.24, 2.45) is 0 Å². The molecule has 0 N–H and O–H groups in total. The molecule has 1 amide bonds. The minimum atomic E-state index is -0.188. The second-order valence-corrected chi connectivity index (χ2v) is 7.01. The summed E-state index contributed by atoms with van der Waals surface area (Å²) >= 11 is 12.3. The number of para-hydroxylation sites is 1. The molecule has 4 nitrogen and oxygen atoms in total. The van der Waals surface area contributed by atoms with Crippen molar-refractivity contribution < 1.29 is 9.21 Å². The van der Waals surface area contributed by atoms with E-state index in [1.165, 1.54) is 0 Å². The third kappa shape index (κ3) is 3.47. The molecule has 1 heterocycles. The highest BCUT2D eigenvalue weighted by Gasteiger charge is 2.21. The summed E-state index contributed by atoms with van der Waals surface area (Å²) in [5, 5.41) is 1.24. The number of amides is 1. The molecule has 2 aromatic carbocycles. The molecule has 6 heteroatoms. The van der Waals surface area contributed by atoms with Gasteiger partial charge in [0, 0.05) is 29.2 Å². The Morgan fingerprint density at radius 3 is 2.44 bits per heavy atom. The Morgan fingerprint density at radius 2 is 1.81 bits per heavy atom. The van der Waals surface area contributed by atoms with E-state index < -0.39 is 0 Å². The molecule has 0 unspecified atom stereocenters. The van der Waals surface area contributed by atoms with Crippen molar-refractivity contribution in [2.45, 2.75) is 20.8 Å². The van der Waals surface area contributed by atoms with E-state index in [1.807, 2.05) is 13.8 Å². The van der Waals surface area contributed by atoms with Crippen LogP contribution in [-0.4, -0.2) is 23.9 Å². The minimum absolute atomic E-state index is 0.175. The van der Waals surface area contributed by atoms with Crippen LogP contribution in [0.1, 0.15) is 29.8 Å². The van der Waals surface area contributed by atoms with Crippen molar-refractivity contribution in [1.82, 2.24) is 4.90 Å². The predicted octanol–water partition coefficient (Wildman–Crippen LogP) is 5.56. The highest BCUT2D eigenvalue weighted by molar-refractivity contribution is 6.36. The number of nitrogens with zero attached hydrogens (tertiary/aromatic N) is 1. The average molecular weight is 404 g/mol. The molecule has 0 atom stereocenters. The van der Waals surface area contributed by atoms with Crippen LogP contribution < -0.4 is 5.43 Å². The predicted molar refractivity (Wildman–Crippen MR) is 110 cm³/mol. The summed E-state index contributed by atoms with van der Waals surface area (Å²) in [6.07, 6.45) is 0. The zero-order valence-corrected chi connectivity index (χ0v) is 16.8. The van der Waals surface area contributed by atoms with Gasteiger partial charge in [-0.2, -0.15) is 0 Å². The van der Waals surface area contributed by atoms with Gasteiger partial charge in [-0.15, -0.1) is 0 Å². The molecule has 0 saturated carbocycles. The monoisotopic (exact) mass is 403 g/mol. The van der Waals surface area contributed by atoms with Crippen LogP contribution in [0.15, 0.2) is 45.6 Å². The lowest BCUT2D eigenvalue weighted by atomic mass is 10.0. The average Bonchev–Trinajstić information content (AvgIpc) is 2.65. The second kappa shape index (κ2) is 7.75. The summed E-state index contributed by atoms with van der Waals surface area (Å²) in [7, 11) is 0. The minimum Gasteiger partial charge on any atom is -0.455 e. The normalized spacial score (nSPS) is 11.0. The van der Waals surface area contributed by atoms with E-state index in [1.54, 1.807) is 48.2 Å². The molecule has 0 saturated heterocycles. The van der Waals surface area contributed by atoms with Crippen molar-refractivity contribution in [3.8, 4) is 11.3 Å². The third-order valence-corrected chi connectivity index (χ3v) is 5.15. The van der Waals surface area contributed by atoms with Gasteiger partial charge in [0.25, 0.3) is 5.91 Å². The summed E-state index contributed by atoms with van der Waals surface area (Å²) in [6, 6.07) is 10.0. The van der Waals surface area contributed by atoms with Crippen LogP contribution >= 0.6 is 23.2 Å². The quantitative estimate of drug-likeness (QED) is 0.572. The van der Waals surface area contributed by atoms with Crippen LogP contribution in [0, 0.1) is 6.92 Å². The van der Waals surface area contributed by atoms with Crippen LogP contribution in [0.2, 0.25) is 10.0 Å². The van der Waals surface area contributed by atoms with E-state index >= 15 is 0 Å². The molecular weight excluding hydrogens is 385 g/mol. The topological polar surface area (TPSA) is 50.5 Å². The first-order chi connectivity index (χ1) is 12.9. The Bertz CT molecular complexity index is 1080. The summed E-state index contributed by atoms with van der Waals surface area (Å²) in [4.78, 5) is 27.5. The van der Waals surface area contributed by atoms with Crippen LogP contribution in [0.4, 0.5) is 0 Å². The van der Waals surface area contributed by atoms with Crippen molar-refractivity contribution in [3.63, 3.8) is 0 Å². The fraction of sp³-hybridized carbons (Fsp3) is 0.238. The number of carbonyl (C=O) groups excluding carboxylic acids is 1. The summed E-state index contributed by atoms with van der Waals surface area (Å²) in [6.45, 7) is 6.64. The molecule has 3 aromatic rings. The van der Waals surface area contributed by atoms with Gasteiger partial charge in [-0.1, -0.05) is 29.3 Å². The summed E-state index contributed by atoms with van der Waals surface area (Å²) < 4.78 is 6.10. The molecule has 3 rings (SSSR count). The van der Waals surface area contributed by atoms with Crippen molar-refractivity contribution >= 4 is 40.1 Å². The second-order valence-electron chi connectivity index (χ2n) is 6.17. The van der Waals surface area contributed by atoms with Crippen LogP contribution in [0.3, 0.4) is 0 Å². The molecule has 0 aliphatic heterocycles. The Hall–Kier alpha value is -2.30. The molecule has 0 aliphatic rings. The van der Waals surface area contributed by atoms with Crippen LogP contribution in [0.5, 0.6) is 0 Å². The number of carbonyl (C=O) groups is 1. The third-order valence-electron chi connectivity index (χ3n) is 4.60. The van der Waals surface area contributed by atoms with Gasteiger partial charge in [0.1, 0.15) is 5.76 Å². The molecule has 0 spiro atoms.